The summed E-state index contributed by atoms with van der Waals surface area (Å²) in [7, 11) is 0. The zero-order valence-electron chi connectivity index (χ0n) is 8.60. The molecule has 1 heteroatoms. The van der Waals surface area contributed by atoms with Crippen LogP contribution >= 0.6 is 0 Å². The van der Waals surface area contributed by atoms with Gasteiger partial charge in [-0.3, -0.25) is 0 Å². The summed E-state index contributed by atoms with van der Waals surface area (Å²) in [4.78, 5) is 0. The maximum Gasteiger partial charge on any atom is 0.0125 e. The smallest absolute Gasteiger partial charge is 0.0125 e. The molecule has 0 amide bonds. The topological polar surface area (TPSA) is 26.0 Å². The molecule has 0 spiro atoms. The quantitative estimate of drug-likeness (QED) is 0.641. The molecule has 0 aromatic rings. The van der Waals surface area contributed by atoms with Crippen molar-refractivity contribution in [3.8, 4) is 0 Å². The Labute approximate surface area is 76.7 Å². The third kappa shape index (κ3) is 3.14. The van der Waals surface area contributed by atoms with E-state index >= 15 is 0 Å². The van der Waals surface area contributed by atoms with Crippen LogP contribution in [0.5, 0.6) is 0 Å². The van der Waals surface area contributed by atoms with Gasteiger partial charge >= 0.3 is 0 Å². The summed E-state index contributed by atoms with van der Waals surface area (Å²) in [5.41, 5.74) is 6.18. The second kappa shape index (κ2) is 4.27. The average Bonchev–Trinajstić information content (AvgIpc) is 1.81. The summed E-state index contributed by atoms with van der Waals surface area (Å²) in [6.07, 6.45) is 9.78. The van der Waals surface area contributed by atoms with Gasteiger partial charge in [0.2, 0.25) is 0 Å². The molecule has 1 aliphatic carbocycles. The summed E-state index contributed by atoms with van der Waals surface area (Å²) >= 11 is 0. The second-order valence-electron chi connectivity index (χ2n) is 4.86. The van der Waals surface area contributed by atoms with E-state index in [2.05, 4.69) is 13.8 Å². The third-order valence-electron chi connectivity index (χ3n) is 3.16. The van der Waals surface area contributed by atoms with Crippen LogP contribution in [0.15, 0.2) is 0 Å². The standard InChI is InChI=1S/C11H23N/c1-11(2,12)10-8-6-4-3-5-7-9-10/h10H,3-9,12H2,1-2H3. The van der Waals surface area contributed by atoms with E-state index in [-0.39, 0.29) is 5.54 Å². The van der Waals surface area contributed by atoms with Gasteiger partial charge < -0.3 is 5.73 Å². The van der Waals surface area contributed by atoms with Crippen molar-refractivity contribution >= 4 is 0 Å². The van der Waals surface area contributed by atoms with Crippen LogP contribution in [0.3, 0.4) is 0 Å². The highest BCUT2D eigenvalue weighted by molar-refractivity contribution is 4.82. The van der Waals surface area contributed by atoms with Gasteiger partial charge in [0.1, 0.15) is 0 Å². The van der Waals surface area contributed by atoms with Crippen molar-refractivity contribution in [1.29, 1.82) is 0 Å². The van der Waals surface area contributed by atoms with Gasteiger partial charge in [-0.15, -0.1) is 0 Å². The molecule has 2 N–H and O–H groups in total. The van der Waals surface area contributed by atoms with Gasteiger partial charge in [0.25, 0.3) is 0 Å². The van der Waals surface area contributed by atoms with E-state index in [1.54, 1.807) is 0 Å². The fraction of sp³-hybridized carbons (Fsp3) is 1.00. The molecule has 0 unspecified atom stereocenters. The van der Waals surface area contributed by atoms with Crippen LogP contribution in [0.2, 0.25) is 0 Å². The highest BCUT2D eigenvalue weighted by atomic mass is 14.7. The molecule has 1 fully saturated rings. The van der Waals surface area contributed by atoms with E-state index in [9.17, 15) is 0 Å². The molecular weight excluding hydrogens is 146 g/mol. The highest BCUT2D eigenvalue weighted by Gasteiger charge is 2.24. The second-order valence-corrected chi connectivity index (χ2v) is 4.86. The van der Waals surface area contributed by atoms with E-state index in [0.717, 1.165) is 5.92 Å². The summed E-state index contributed by atoms with van der Waals surface area (Å²) < 4.78 is 0. The van der Waals surface area contributed by atoms with Crippen LogP contribution in [-0.4, -0.2) is 5.54 Å². The zero-order valence-corrected chi connectivity index (χ0v) is 8.60. The zero-order chi connectivity index (χ0) is 9.03. The predicted molar refractivity (Wildman–Crippen MR) is 54.1 cm³/mol. The fourth-order valence-corrected chi connectivity index (χ4v) is 2.20. The van der Waals surface area contributed by atoms with Crippen LogP contribution in [-0.2, 0) is 0 Å². The maximum absolute atomic E-state index is 6.13. The molecule has 12 heavy (non-hydrogen) atoms. The van der Waals surface area contributed by atoms with Crippen LogP contribution < -0.4 is 5.73 Å². The minimum atomic E-state index is 0.0529. The number of hydrogen-bond donors (Lipinski definition) is 1. The first-order valence-corrected chi connectivity index (χ1v) is 5.39. The first-order valence-electron chi connectivity index (χ1n) is 5.39. The molecule has 0 radical (unpaired) electrons. The molecule has 0 saturated heterocycles. The monoisotopic (exact) mass is 169 g/mol. The van der Waals surface area contributed by atoms with Gasteiger partial charge in [0, 0.05) is 5.54 Å². The Morgan fingerprint density at radius 2 is 1.33 bits per heavy atom. The van der Waals surface area contributed by atoms with Crippen LogP contribution in [0.1, 0.15) is 58.8 Å². The Morgan fingerprint density at radius 3 is 1.75 bits per heavy atom. The number of nitrogens with two attached hydrogens (primary N) is 1. The van der Waals surface area contributed by atoms with Crippen LogP contribution in [0, 0.1) is 5.92 Å². The first kappa shape index (κ1) is 10.0. The normalized spacial score (nSPS) is 23.2. The molecule has 1 nitrogen and oxygen atoms in total. The molecule has 1 saturated carbocycles. The van der Waals surface area contributed by atoms with Gasteiger partial charge in [-0.05, 0) is 32.6 Å². The molecule has 1 rings (SSSR count). The lowest BCUT2D eigenvalue weighted by atomic mass is 9.79. The number of hydrogen-bond acceptors (Lipinski definition) is 1. The first-order chi connectivity index (χ1) is 5.61. The van der Waals surface area contributed by atoms with E-state index in [0.29, 0.717) is 0 Å². The van der Waals surface area contributed by atoms with Crippen molar-refractivity contribution in [2.45, 2.75) is 64.3 Å². The van der Waals surface area contributed by atoms with Gasteiger partial charge in [-0.1, -0.05) is 32.1 Å². The maximum atomic E-state index is 6.13. The Bertz CT molecular complexity index is 115. The van der Waals surface area contributed by atoms with E-state index < -0.39 is 0 Å². The predicted octanol–water partition coefficient (Wildman–Crippen LogP) is 3.08. The van der Waals surface area contributed by atoms with Gasteiger partial charge in [-0.25, -0.2) is 0 Å². The van der Waals surface area contributed by atoms with Crippen molar-refractivity contribution in [2.75, 3.05) is 0 Å². The summed E-state index contributed by atoms with van der Waals surface area (Å²) in [5, 5.41) is 0. The lowest BCUT2D eigenvalue weighted by Gasteiger charge is -2.32. The molecule has 0 heterocycles. The average molecular weight is 169 g/mol. The van der Waals surface area contributed by atoms with Crippen molar-refractivity contribution in [2.24, 2.45) is 11.7 Å². The molecule has 0 atom stereocenters. The fourth-order valence-electron chi connectivity index (χ4n) is 2.20. The van der Waals surface area contributed by atoms with Gasteiger partial charge in [0.15, 0.2) is 0 Å². The molecule has 0 aliphatic heterocycles. The van der Waals surface area contributed by atoms with Crippen molar-refractivity contribution < 1.29 is 0 Å². The van der Waals surface area contributed by atoms with E-state index in [1.165, 1.54) is 44.9 Å². The van der Waals surface area contributed by atoms with Crippen molar-refractivity contribution in [3.05, 3.63) is 0 Å². The highest BCUT2D eigenvalue weighted by Crippen LogP contribution is 2.28. The largest absolute Gasteiger partial charge is 0.325 e. The molecular formula is C11H23N. The summed E-state index contributed by atoms with van der Waals surface area (Å²) in [5.74, 6) is 0.762. The Kier molecular flexibility index (Phi) is 3.57. The molecule has 72 valence electrons. The van der Waals surface area contributed by atoms with Crippen LogP contribution in [0.4, 0.5) is 0 Å². The van der Waals surface area contributed by atoms with Crippen molar-refractivity contribution in [3.63, 3.8) is 0 Å². The van der Waals surface area contributed by atoms with Gasteiger partial charge in [-0.2, -0.15) is 0 Å². The lowest BCUT2D eigenvalue weighted by molar-refractivity contribution is 0.256. The Balaban J connectivity index is 2.40. The van der Waals surface area contributed by atoms with E-state index in [4.69, 9.17) is 5.73 Å². The Hall–Kier alpha value is -0.0400. The third-order valence-corrected chi connectivity index (χ3v) is 3.16. The van der Waals surface area contributed by atoms with Gasteiger partial charge in [0.05, 0.1) is 0 Å². The minimum Gasteiger partial charge on any atom is -0.325 e. The van der Waals surface area contributed by atoms with Crippen molar-refractivity contribution in [1.82, 2.24) is 0 Å². The number of rotatable bonds is 1. The molecule has 1 aliphatic rings. The van der Waals surface area contributed by atoms with Crippen LogP contribution in [0.25, 0.3) is 0 Å². The van der Waals surface area contributed by atoms with E-state index in [1.807, 2.05) is 0 Å². The SMILES string of the molecule is CC(C)(N)C1CCCCCCC1. The molecule has 0 bridgehead atoms. The summed E-state index contributed by atoms with van der Waals surface area (Å²) in [6.45, 7) is 4.36. The summed E-state index contributed by atoms with van der Waals surface area (Å²) in [6, 6.07) is 0. The Morgan fingerprint density at radius 1 is 0.917 bits per heavy atom. The minimum absolute atomic E-state index is 0.0529. The molecule has 0 aromatic carbocycles. The molecule has 0 aromatic heterocycles. The lowest BCUT2D eigenvalue weighted by Crippen LogP contribution is -2.41.